The normalized spacial score (nSPS) is 24.3. The second-order valence-corrected chi connectivity index (χ2v) is 5.34. The minimum absolute atomic E-state index is 0.0256. The van der Waals surface area contributed by atoms with Crippen LogP contribution in [0.5, 0.6) is 0 Å². The van der Waals surface area contributed by atoms with Crippen molar-refractivity contribution in [3.05, 3.63) is 17.5 Å². The standard InChI is InChI=1S/C13H21N3O2/c1-10-7-14-15-12(10)13(2)5-4-6-16(9-13)11(17)8-18-3/h7H,4-6,8-9H2,1-3H3,(H,14,15)/t13-/m1/s1. The number of H-pyrrole nitrogens is 1. The molecule has 0 radical (unpaired) electrons. The molecule has 0 saturated carbocycles. The second kappa shape index (κ2) is 5.10. The summed E-state index contributed by atoms with van der Waals surface area (Å²) >= 11 is 0. The Bertz CT molecular complexity index is 430. The summed E-state index contributed by atoms with van der Waals surface area (Å²) in [4.78, 5) is 13.8. The van der Waals surface area contributed by atoms with Crippen molar-refractivity contribution in [1.82, 2.24) is 15.1 Å². The molecule has 0 bridgehead atoms. The van der Waals surface area contributed by atoms with Gasteiger partial charge in [0.2, 0.25) is 5.91 Å². The predicted octanol–water partition coefficient (Wildman–Crippen LogP) is 1.24. The van der Waals surface area contributed by atoms with Crippen molar-refractivity contribution < 1.29 is 9.53 Å². The number of ether oxygens (including phenoxy) is 1. The molecular formula is C13H21N3O2. The SMILES string of the molecule is COCC(=O)N1CCC[C@@](C)(c2[nH]ncc2C)C1. The summed E-state index contributed by atoms with van der Waals surface area (Å²) in [7, 11) is 1.56. The van der Waals surface area contributed by atoms with Crippen LogP contribution < -0.4 is 0 Å². The summed E-state index contributed by atoms with van der Waals surface area (Å²) in [6.07, 6.45) is 3.94. The fourth-order valence-corrected chi connectivity index (χ4v) is 2.83. The van der Waals surface area contributed by atoms with Crippen LogP contribution in [0.15, 0.2) is 6.20 Å². The number of nitrogens with zero attached hydrogens (tertiary/aromatic N) is 2. The van der Waals surface area contributed by atoms with Crippen LogP contribution in [0.25, 0.3) is 0 Å². The Labute approximate surface area is 108 Å². The molecule has 0 aromatic carbocycles. The van der Waals surface area contributed by atoms with E-state index in [9.17, 15) is 4.79 Å². The molecule has 5 heteroatoms. The molecule has 1 aromatic rings. The molecule has 2 heterocycles. The number of methoxy groups -OCH3 is 1. The van der Waals surface area contributed by atoms with Crippen molar-refractivity contribution in [2.75, 3.05) is 26.8 Å². The lowest BCUT2D eigenvalue weighted by Crippen LogP contribution is -2.48. The lowest BCUT2D eigenvalue weighted by molar-refractivity contribution is -0.137. The maximum atomic E-state index is 11.9. The van der Waals surface area contributed by atoms with Crippen LogP contribution in [0.3, 0.4) is 0 Å². The molecule has 0 unspecified atom stereocenters. The minimum Gasteiger partial charge on any atom is -0.375 e. The Morgan fingerprint density at radius 1 is 1.67 bits per heavy atom. The molecule has 1 aliphatic heterocycles. The van der Waals surface area contributed by atoms with Gasteiger partial charge in [-0.1, -0.05) is 6.92 Å². The Morgan fingerprint density at radius 2 is 2.44 bits per heavy atom. The molecule has 1 atom stereocenters. The number of rotatable bonds is 3. The minimum atomic E-state index is -0.0256. The van der Waals surface area contributed by atoms with Crippen LogP contribution in [0.4, 0.5) is 0 Å². The van der Waals surface area contributed by atoms with Gasteiger partial charge < -0.3 is 9.64 Å². The van der Waals surface area contributed by atoms with Gasteiger partial charge in [0.15, 0.2) is 0 Å². The highest BCUT2D eigenvalue weighted by molar-refractivity contribution is 5.77. The Morgan fingerprint density at radius 3 is 3.06 bits per heavy atom. The smallest absolute Gasteiger partial charge is 0.248 e. The van der Waals surface area contributed by atoms with E-state index in [4.69, 9.17) is 4.74 Å². The van der Waals surface area contributed by atoms with Crippen LogP contribution in [-0.4, -0.2) is 47.8 Å². The lowest BCUT2D eigenvalue weighted by Gasteiger charge is -2.40. The third-order valence-corrected chi connectivity index (χ3v) is 3.75. The molecule has 1 amide bonds. The van der Waals surface area contributed by atoms with E-state index < -0.39 is 0 Å². The van der Waals surface area contributed by atoms with Crippen LogP contribution >= 0.6 is 0 Å². The first-order valence-corrected chi connectivity index (χ1v) is 6.34. The second-order valence-electron chi connectivity index (χ2n) is 5.34. The first-order valence-electron chi connectivity index (χ1n) is 6.34. The number of hydrogen-bond donors (Lipinski definition) is 1. The van der Waals surface area contributed by atoms with Crippen molar-refractivity contribution in [3.63, 3.8) is 0 Å². The Kier molecular flexibility index (Phi) is 3.71. The van der Waals surface area contributed by atoms with E-state index in [-0.39, 0.29) is 17.9 Å². The lowest BCUT2D eigenvalue weighted by atomic mass is 9.77. The predicted molar refractivity (Wildman–Crippen MR) is 68.4 cm³/mol. The first kappa shape index (κ1) is 13.1. The summed E-state index contributed by atoms with van der Waals surface area (Å²) in [5.41, 5.74) is 2.29. The fraction of sp³-hybridized carbons (Fsp3) is 0.692. The summed E-state index contributed by atoms with van der Waals surface area (Å²) in [5, 5.41) is 7.18. The molecule has 0 aliphatic carbocycles. The zero-order valence-corrected chi connectivity index (χ0v) is 11.3. The van der Waals surface area contributed by atoms with Gasteiger partial charge in [-0.05, 0) is 25.3 Å². The van der Waals surface area contributed by atoms with Gasteiger partial charge in [0.25, 0.3) is 0 Å². The van der Waals surface area contributed by atoms with E-state index in [1.54, 1.807) is 7.11 Å². The fourth-order valence-electron chi connectivity index (χ4n) is 2.83. The number of piperidine rings is 1. The molecule has 100 valence electrons. The number of carbonyl (C=O) groups is 1. The molecule has 1 aliphatic rings. The summed E-state index contributed by atoms with van der Waals surface area (Å²) in [6.45, 7) is 5.97. The molecule has 2 rings (SSSR count). The van der Waals surface area contributed by atoms with Gasteiger partial charge in [-0.15, -0.1) is 0 Å². The van der Waals surface area contributed by atoms with Crippen LogP contribution in [0, 0.1) is 6.92 Å². The van der Waals surface area contributed by atoms with E-state index in [0.717, 1.165) is 31.6 Å². The quantitative estimate of drug-likeness (QED) is 0.879. The molecule has 1 aromatic heterocycles. The van der Waals surface area contributed by atoms with Gasteiger partial charge in [-0.2, -0.15) is 5.10 Å². The van der Waals surface area contributed by atoms with Crippen LogP contribution in [-0.2, 0) is 14.9 Å². The third kappa shape index (κ3) is 2.41. The largest absolute Gasteiger partial charge is 0.375 e. The first-order chi connectivity index (χ1) is 8.57. The van der Waals surface area contributed by atoms with Crippen LogP contribution in [0.2, 0.25) is 0 Å². The van der Waals surface area contributed by atoms with Crippen molar-refractivity contribution >= 4 is 5.91 Å². The number of carbonyl (C=O) groups excluding carboxylic acids is 1. The van der Waals surface area contributed by atoms with Crippen molar-refractivity contribution in [2.24, 2.45) is 0 Å². The van der Waals surface area contributed by atoms with Crippen molar-refractivity contribution in [1.29, 1.82) is 0 Å². The van der Waals surface area contributed by atoms with E-state index >= 15 is 0 Å². The molecule has 18 heavy (non-hydrogen) atoms. The topological polar surface area (TPSA) is 58.2 Å². The molecule has 1 saturated heterocycles. The highest BCUT2D eigenvalue weighted by Gasteiger charge is 2.36. The molecule has 1 N–H and O–H groups in total. The molecule has 1 fully saturated rings. The highest BCUT2D eigenvalue weighted by atomic mass is 16.5. The average Bonchev–Trinajstić information content (AvgIpc) is 2.76. The number of hydrogen-bond acceptors (Lipinski definition) is 3. The van der Waals surface area contributed by atoms with Gasteiger partial charge in [-0.25, -0.2) is 0 Å². The average molecular weight is 251 g/mol. The zero-order valence-electron chi connectivity index (χ0n) is 11.3. The van der Waals surface area contributed by atoms with Crippen molar-refractivity contribution in [3.8, 4) is 0 Å². The van der Waals surface area contributed by atoms with Gasteiger partial charge in [0.05, 0.1) is 6.20 Å². The zero-order chi connectivity index (χ0) is 13.2. The summed E-state index contributed by atoms with van der Waals surface area (Å²) in [5.74, 6) is 0.0700. The molecular weight excluding hydrogens is 230 g/mol. The van der Waals surface area contributed by atoms with Crippen LogP contribution in [0.1, 0.15) is 31.0 Å². The summed E-state index contributed by atoms with van der Waals surface area (Å²) < 4.78 is 4.93. The van der Waals surface area contributed by atoms with E-state index in [1.165, 1.54) is 5.56 Å². The van der Waals surface area contributed by atoms with Gasteiger partial charge >= 0.3 is 0 Å². The third-order valence-electron chi connectivity index (χ3n) is 3.75. The number of aromatic amines is 1. The number of likely N-dealkylation sites (tertiary alicyclic amines) is 1. The number of amides is 1. The van der Waals surface area contributed by atoms with Crippen molar-refractivity contribution in [2.45, 2.75) is 32.1 Å². The van der Waals surface area contributed by atoms with E-state index in [2.05, 4.69) is 24.0 Å². The Hall–Kier alpha value is -1.36. The van der Waals surface area contributed by atoms with E-state index in [0.29, 0.717) is 0 Å². The number of nitrogens with one attached hydrogen (secondary N) is 1. The van der Waals surface area contributed by atoms with Gasteiger partial charge in [0, 0.05) is 31.3 Å². The van der Waals surface area contributed by atoms with E-state index in [1.807, 2.05) is 11.1 Å². The Balaban J connectivity index is 2.15. The van der Waals surface area contributed by atoms with Gasteiger partial charge in [-0.3, -0.25) is 9.89 Å². The monoisotopic (exact) mass is 251 g/mol. The maximum Gasteiger partial charge on any atom is 0.248 e. The van der Waals surface area contributed by atoms with Gasteiger partial charge in [0.1, 0.15) is 6.61 Å². The number of aromatic nitrogens is 2. The molecule has 0 spiro atoms. The maximum absolute atomic E-state index is 11.9. The summed E-state index contributed by atoms with van der Waals surface area (Å²) in [6, 6.07) is 0. The number of aryl methyl sites for hydroxylation is 1. The molecule has 5 nitrogen and oxygen atoms in total. The highest BCUT2D eigenvalue weighted by Crippen LogP contribution is 2.34.